The molecular weight excluding hydrogens is 632 g/mol. The Morgan fingerprint density at radius 1 is 0.930 bits per heavy atom. The molecule has 1 N–H and O–H groups in total. The Labute approximate surface area is 262 Å². The number of halogens is 2. The second kappa shape index (κ2) is 10.2. The fraction of sp³-hybridized carbons (Fsp3) is 0.294. The van der Waals surface area contributed by atoms with Gasteiger partial charge >= 0.3 is 0 Å². The van der Waals surface area contributed by atoms with Gasteiger partial charge in [0.15, 0.2) is 0 Å². The Hall–Kier alpha value is -3.75. The first-order valence-corrected chi connectivity index (χ1v) is 15.6. The van der Waals surface area contributed by atoms with Gasteiger partial charge in [-0.15, -0.1) is 0 Å². The lowest BCUT2D eigenvalue weighted by atomic mass is 9.49. The van der Waals surface area contributed by atoms with Crippen molar-refractivity contribution >= 4 is 56.8 Å². The SMILES string of the molecule is CCN1C(=O)[C@H]2[C@H](CC=C3[C@H]2C[C@H]2C(=O)N(c4cccc(Cl)c4)C(=O)[C@@]2(c2ccccc2)[C@H]3c2cc(Br)ccc2O)C1=O. The summed E-state index contributed by atoms with van der Waals surface area (Å²) in [5.41, 5.74) is 0.879. The van der Waals surface area contributed by atoms with Crippen molar-refractivity contribution in [3.63, 3.8) is 0 Å². The third kappa shape index (κ3) is 3.85. The van der Waals surface area contributed by atoms with E-state index in [2.05, 4.69) is 15.9 Å². The number of carbonyl (C=O) groups excluding carboxylic acids is 4. The Bertz CT molecular complexity index is 1740. The van der Waals surface area contributed by atoms with Gasteiger partial charge in [-0.2, -0.15) is 0 Å². The predicted octanol–water partition coefficient (Wildman–Crippen LogP) is 5.99. The number of nitrogens with zero attached hydrogens (tertiary/aromatic N) is 2. The maximum atomic E-state index is 15.1. The fourth-order valence-electron chi connectivity index (χ4n) is 8.22. The highest BCUT2D eigenvalue weighted by Crippen LogP contribution is 2.65. The first kappa shape index (κ1) is 28.0. The van der Waals surface area contributed by atoms with Gasteiger partial charge in [0.25, 0.3) is 0 Å². The van der Waals surface area contributed by atoms with E-state index < -0.39 is 40.9 Å². The number of benzene rings is 3. The molecule has 3 aromatic carbocycles. The van der Waals surface area contributed by atoms with Crippen LogP contribution in [0.2, 0.25) is 5.02 Å². The number of hydrogen-bond acceptors (Lipinski definition) is 5. The smallest absolute Gasteiger partial charge is 0.246 e. The molecule has 3 aromatic rings. The Morgan fingerprint density at radius 2 is 1.70 bits per heavy atom. The number of carbonyl (C=O) groups is 4. The molecule has 6 atom stereocenters. The minimum absolute atomic E-state index is 0.0172. The quantitative estimate of drug-likeness (QED) is 0.274. The molecular formula is C34H28BrClN2O5. The lowest BCUT2D eigenvalue weighted by Gasteiger charge is -2.50. The van der Waals surface area contributed by atoms with Gasteiger partial charge in [-0.3, -0.25) is 24.1 Å². The molecule has 218 valence electrons. The van der Waals surface area contributed by atoms with Crippen LogP contribution < -0.4 is 4.90 Å². The van der Waals surface area contributed by atoms with Gasteiger partial charge in [-0.1, -0.05) is 75.6 Å². The third-order valence-electron chi connectivity index (χ3n) is 9.88. The second-order valence-electron chi connectivity index (χ2n) is 11.7. The van der Waals surface area contributed by atoms with Crippen LogP contribution in [-0.4, -0.2) is 40.2 Å². The standard InChI is InChI=1S/C34H28BrClN2O5/c1-2-37-30(40)23-13-12-22-24(28(23)32(37)42)17-26-31(41)38(21-10-6-9-20(36)16-21)33(43)34(26,18-7-4-3-5-8-18)29(22)25-15-19(35)11-14-27(25)39/h3-12,14-16,23-24,26,28-29,39H,2,13,17H2,1H3/t23-,24+,26-,28-,29+,34+/m0/s1. The average Bonchev–Trinajstić information content (AvgIpc) is 3.39. The predicted molar refractivity (Wildman–Crippen MR) is 164 cm³/mol. The molecule has 2 saturated heterocycles. The van der Waals surface area contributed by atoms with Crippen LogP contribution in [-0.2, 0) is 24.6 Å². The van der Waals surface area contributed by atoms with E-state index in [4.69, 9.17) is 11.6 Å². The summed E-state index contributed by atoms with van der Waals surface area (Å²) in [5, 5.41) is 11.8. The van der Waals surface area contributed by atoms with Crippen molar-refractivity contribution in [1.82, 2.24) is 4.90 Å². The van der Waals surface area contributed by atoms with E-state index in [1.165, 1.54) is 9.80 Å². The van der Waals surface area contributed by atoms with E-state index in [9.17, 15) is 19.5 Å². The summed E-state index contributed by atoms with van der Waals surface area (Å²) in [5.74, 6) is -4.51. The van der Waals surface area contributed by atoms with Gasteiger partial charge in [0.05, 0.1) is 28.9 Å². The van der Waals surface area contributed by atoms with Crippen LogP contribution in [0.3, 0.4) is 0 Å². The van der Waals surface area contributed by atoms with Crippen LogP contribution in [0.4, 0.5) is 5.69 Å². The fourth-order valence-corrected chi connectivity index (χ4v) is 8.79. The van der Waals surface area contributed by atoms with Crippen molar-refractivity contribution in [3.05, 3.63) is 105 Å². The molecule has 9 heteroatoms. The molecule has 4 amide bonds. The van der Waals surface area contributed by atoms with Crippen molar-refractivity contribution in [1.29, 1.82) is 0 Å². The van der Waals surface area contributed by atoms with Gasteiger partial charge < -0.3 is 5.11 Å². The van der Waals surface area contributed by atoms with Crippen molar-refractivity contribution in [2.75, 3.05) is 11.4 Å². The number of phenolic OH excluding ortho intramolecular Hbond substituents is 1. The lowest BCUT2D eigenvalue weighted by molar-refractivity contribution is -0.140. The van der Waals surface area contributed by atoms with Crippen LogP contribution in [0.1, 0.15) is 36.8 Å². The number of hydrogen-bond donors (Lipinski definition) is 1. The molecule has 0 radical (unpaired) electrons. The Balaban J connectivity index is 1.53. The van der Waals surface area contributed by atoms with E-state index in [-0.39, 0.29) is 36.4 Å². The monoisotopic (exact) mass is 658 g/mol. The summed E-state index contributed by atoms with van der Waals surface area (Å²) < 4.78 is 0.698. The van der Waals surface area contributed by atoms with Crippen LogP contribution in [0, 0.1) is 23.7 Å². The number of aromatic hydroxyl groups is 1. The summed E-state index contributed by atoms with van der Waals surface area (Å²) >= 11 is 9.88. The van der Waals surface area contributed by atoms with Crippen LogP contribution in [0.5, 0.6) is 5.75 Å². The first-order chi connectivity index (χ1) is 20.7. The number of allylic oxidation sites excluding steroid dienone is 2. The molecule has 2 aliphatic carbocycles. The zero-order chi connectivity index (χ0) is 30.2. The number of amides is 4. The summed E-state index contributed by atoms with van der Waals surface area (Å²) in [6, 6.07) is 21.0. The van der Waals surface area contributed by atoms with Gasteiger partial charge in [0.1, 0.15) is 5.75 Å². The summed E-state index contributed by atoms with van der Waals surface area (Å²) in [6.07, 6.45) is 2.55. The van der Waals surface area contributed by atoms with Crippen molar-refractivity contribution < 1.29 is 24.3 Å². The van der Waals surface area contributed by atoms with Crippen LogP contribution in [0.15, 0.2) is 88.9 Å². The largest absolute Gasteiger partial charge is 0.508 e. The minimum Gasteiger partial charge on any atom is -0.508 e. The van der Waals surface area contributed by atoms with E-state index in [1.807, 2.05) is 36.4 Å². The summed E-state index contributed by atoms with van der Waals surface area (Å²) in [7, 11) is 0. The minimum atomic E-state index is -1.43. The highest BCUT2D eigenvalue weighted by molar-refractivity contribution is 9.10. The van der Waals surface area contributed by atoms with E-state index in [0.29, 0.717) is 32.7 Å². The number of imide groups is 2. The third-order valence-corrected chi connectivity index (χ3v) is 10.6. The van der Waals surface area contributed by atoms with E-state index in [0.717, 1.165) is 5.57 Å². The van der Waals surface area contributed by atoms with Crippen molar-refractivity contribution in [2.45, 2.75) is 31.1 Å². The van der Waals surface area contributed by atoms with Crippen molar-refractivity contribution in [2.24, 2.45) is 23.7 Å². The molecule has 1 saturated carbocycles. The molecule has 43 heavy (non-hydrogen) atoms. The molecule has 0 spiro atoms. The van der Waals surface area contributed by atoms with Crippen molar-refractivity contribution in [3.8, 4) is 5.75 Å². The number of fused-ring (bicyclic) bond motifs is 4. The molecule has 7 rings (SSSR count). The van der Waals surface area contributed by atoms with Crippen LogP contribution in [0.25, 0.3) is 0 Å². The molecule has 0 aromatic heterocycles. The zero-order valence-electron chi connectivity index (χ0n) is 23.2. The Morgan fingerprint density at radius 3 is 2.42 bits per heavy atom. The lowest BCUT2D eigenvalue weighted by Crippen LogP contribution is -2.53. The number of anilines is 1. The molecule has 4 aliphatic rings. The molecule has 3 fully saturated rings. The van der Waals surface area contributed by atoms with E-state index in [1.54, 1.807) is 49.4 Å². The summed E-state index contributed by atoms with van der Waals surface area (Å²) in [6.45, 7) is 2.06. The first-order valence-electron chi connectivity index (χ1n) is 14.4. The molecule has 0 unspecified atom stereocenters. The highest BCUT2D eigenvalue weighted by Gasteiger charge is 2.70. The average molecular weight is 660 g/mol. The highest BCUT2D eigenvalue weighted by atomic mass is 79.9. The van der Waals surface area contributed by atoms with Gasteiger partial charge in [0, 0.05) is 27.5 Å². The van der Waals surface area contributed by atoms with Crippen LogP contribution >= 0.6 is 27.5 Å². The molecule has 0 bridgehead atoms. The molecule has 7 nitrogen and oxygen atoms in total. The maximum absolute atomic E-state index is 15.1. The maximum Gasteiger partial charge on any atom is 0.246 e. The zero-order valence-corrected chi connectivity index (χ0v) is 25.6. The van der Waals surface area contributed by atoms with Gasteiger partial charge in [-0.05, 0) is 67.6 Å². The summed E-state index contributed by atoms with van der Waals surface area (Å²) in [4.78, 5) is 59.3. The normalized spacial score (nSPS) is 29.8. The van der Waals surface area contributed by atoms with Gasteiger partial charge in [0.2, 0.25) is 23.6 Å². The number of phenols is 1. The topological polar surface area (TPSA) is 95.0 Å². The molecule has 2 heterocycles. The van der Waals surface area contributed by atoms with E-state index >= 15 is 4.79 Å². The second-order valence-corrected chi connectivity index (χ2v) is 13.1. The number of rotatable bonds is 4. The Kier molecular flexibility index (Phi) is 6.63. The number of likely N-dealkylation sites (tertiary alicyclic amines) is 1. The molecule has 2 aliphatic heterocycles. The van der Waals surface area contributed by atoms with Gasteiger partial charge in [-0.25, -0.2) is 4.90 Å².